The van der Waals surface area contributed by atoms with Crippen LogP contribution in [0, 0.1) is 5.82 Å². The Bertz CT molecular complexity index is 843. The van der Waals surface area contributed by atoms with Gasteiger partial charge < -0.3 is 14.6 Å². The Labute approximate surface area is 165 Å². The number of unbranched alkanes of at least 4 members (excludes halogenated alkanes) is 1. The zero-order chi connectivity index (χ0) is 20.7. The molecule has 152 valence electrons. The highest BCUT2D eigenvalue weighted by molar-refractivity contribution is 7.80. The van der Waals surface area contributed by atoms with E-state index < -0.39 is 28.6 Å². The number of hydrogen-bond donors (Lipinski definition) is 2. The number of carbonyl (C=O) groups is 1. The molecule has 7 nitrogen and oxygen atoms in total. The summed E-state index contributed by atoms with van der Waals surface area (Å²) in [6.07, 6.45) is 2.05. The van der Waals surface area contributed by atoms with Crippen LogP contribution in [0.1, 0.15) is 28.8 Å². The number of halogens is 1. The van der Waals surface area contributed by atoms with Crippen molar-refractivity contribution in [2.45, 2.75) is 19.3 Å². The van der Waals surface area contributed by atoms with Gasteiger partial charge in [0.25, 0.3) is 11.3 Å². The predicted molar refractivity (Wildman–Crippen MR) is 104 cm³/mol. The molecule has 0 aliphatic rings. The number of aryl methyl sites for hydroxylation is 1. The first-order valence-corrected chi connectivity index (χ1v) is 9.56. The summed E-state index contributed by atoms with van der Waals surface area (Å²) in [5.41, 5.74) is 0.477. The summed E-state index contributed by atoms with van der Waals surface area (Å²) < 4.78 is 46.5. The van der Waals surface area contributed by atoms with E-state index in [1.54, 1.807) is 7.11 Å². The van der Waals surface area contributed by atoms with E-state index in [9.17, 15) is 23.1 Å². The van der Waals surface area contributed by atoms with Crippen LogP contribution in [0.25, 0.3) is 0 Å². The summed E-state index contributed by atoms with van der Waals surface area (Å²) in [5, 5.41) is 9.21. The van der Waals surface area contributed by atoms with Crippen molar-refractivity contribution in [3.63, 3.8) is 0 Å². The van der Waals surface area contributed by atoms with E-state index in [1.807, 2.05) is 24.3 Å². The van der Waals surface area contributed by atoms with Crippen LogP contribution in [-0.2, 0) is 17.7 Å². The molecule has 0 aliphatic carbocycles. The summed E-state index contributed by atoms with van der Waals surface area (Å²) in [5.74, 6) is -2.01. The molecular formula is C19H22FNO6S. The fourth-order valence-electron chi connectivity index (χ4n) is 2.81. The van der Waals surface area contributed by atoms with Crippen LogP contribution < -0.4 is 13.8 Å². The molecular weight excluding hydrogens is 389 g/mol. The van der Waals surface area contributed by atoms with Crippen LogP contribution in [0.15, 0.2) is 36.4 Å². The van der Waals surface area contributed by atoms with E-state index in [2.05, 4.69) is 0 Å². The highest BCUT2D eigenvalue weighted by atomic mass is 32.2. The van der Waals surface area contributed by atoms with Gasteiger partial charge >= 0.3 is 5.97 Å². The molecule has 28 heavy (non-hydrogen) atoms. The van der Waals surface area contributed by atoms with Crippen LogP contribution in [0.4, 0.5) is 10.1 Å². The molecule has 0 aromatic heterocycles. The van der Waals surface area contributed by atoms with Gasteiger partial charge in [0, 0.05) is 6.54 Å². The number of aromatic carboxylic acids is 1. The van der Waals surface area contributed by atoms with Gasteiger partial charge in [-0.05, 0) is 49.1 Å². The predicted octanol–water partition coefficient (Wildman–Crippen LogP) is 3.51. The molecule has 1 atom stereocenters. The SMILES string of the molecule is COc1ccc(CCCCN(c2ccc(F)c(C(=O)O)c2OC)S(=O)O)cc1. The van der Waals surface area contributed by atoms with Crippen molar-refractivity contribution in [2.75, 3.05) is 25.1 Å². The lowest BCUT2D eigenvalue weighted by Gasteiger charge is -2.23. The molecule has 0 bridgehead atoms. The highest BCUT2D eigenvalue weighted by Crippen LogP contribution is 2.34. The standard InChI is InChI=1S/C19H22FNO6S/c1-26-14-8-6-13(7-9-14)5-3-4-12-21(28(24)25)16-11-10-15(20)17(19(22)23)18(16)27-2/h6-11H,3-5,12H2,1-2H3,(H,22,23)(H,24,25). The van der Waals surface area contributed by atoms with E-state index in [-0.39, 0.29) is 18.0 Å². The molecule has 0 spiro atoms. The lowest BCUT2D eigenvalue weighted by molar-refractivity contribution is 0.0688. The van der Waals surface area contributed by atoms with Crippen LogP contribution in [0.2, 0.25) is 0 Å². The van der Waals surface area contributed by atoms with E-state index in [1.165, 1.54) is 13.2 Å². The van der Waals surface area contributed by atoms with Gasteiger partial charge in [0.05, 0.1) is 19.9 Å². The number of rotatable bonds is 10. The molecule has 2 rings (SSSR count). The summed E-state index contributed by atoms with van der Waals surface area (Å²) in [4.78, 5) is 11.3. The zero-order valence-electron chi connectivity index (χ0n) is 15.6. The third-order valence-corrected chi connectivity index (χ3v) is 4.95. The van der Waals surface area contributed by atoms with E-state index in [0.717, 1.165) is 34.5 Å². The second-order valence-electron chi connectivity index (χ2n) is 5.92. The van der Waals surface area contributed by atoms with Gasteiger partial charge in [0.1, 0.15) is 17.1 Å². The number of hydrogen-bond acceptors (Lipinski definition) is 4. The van der Waals surface area contributed by atoms with Crippen molar-refractivity contribution in [3.8, 4) is 11.5 Å². The van der Waals surface area contributed by atoms with Gasteiger partial charge in [-0.1, -0.05) is 12.1 Å². The number of carboxylic acids is 1. The van der Waals surface area contributed by atoms with E-state index in [4.69, 9.17) is 9.47 Å². The fraction of sp³-hybridized carbons (Fsp3) is 0.316. The first-order chi connectivity index (χ1) is 13.4. The Kier molecular flexibility index (Phi) is 7.77. The Morgan fingerprint density at radius 3 is 2.32 bits per heavy atom. The molecule has 0 saturated carbocycles. The smallest absolute Gasteiger partial charge is 0.342 e. The van der Waals surface area contributed by atoms with Crippen molar-refractivity contribution < 1.29 is 32.5 Å². The Morgan fingerprint density at radius 1 is 1.11 bits per heavy atom. The number of benzene rings is 2. The van der Waals surface area contributed by atoms with Crippen LogP contribution in [0.3, 0.4) is 0 Å². The number of carboxylic acid groups (broad SMARTS) is 1. The molecule has 0 heterocycles. The maximum absolute atomic E-state index is 13.9. The minimum absolute atomic E-state index is 0.0478. The van der Waals surface area contributed by atoms with Crippen molar-refractivity contribution in [2.24, 2.45) is 0 Å². The Balaban J connectivity index is 2.10. The van der Waals surface area contributed by atoms with Gasteiger partial charge in [-0.2, -0.15) is 0 Å². The largest absolute Gasteiger partial charge is 0.497 e. The molecule has 2 N–H and O–H groups in total. The molecule has 2 aromatic rings. The average Bonchev–Trinajstić information content (AvgIpc) is 2.68. The van der Waals surface area contributed by atoms with E-state index in [0.29, 0.717) is 6.42 Å². The average molecular weight is 411 g/mol. The Hall–Kier alpha value is -2.65. The maximum Gasteiger partial charge on any atom is 0.342 e. The zero-order valence-corrected chi connectivity index (χ0v) is 16.4. The summed E-state index contributed by atoms with van der Waals surface area (Å²) in [6.45, 7) is 0.167. The van der Waals surface area contributed by atoms with Gasteiger partial charge in [-0.3, -0.25) is 8.86 Å². The third-order valence-electron chi connectivity index (χ3n) is 4.20. The van der Waals surface area contributed by atoms with Crippen molar-refractivity contribution in [3.05, 3.63) is 53.3 Å². The first-order valence-electron chi connectivity index (χ1n) is 8.50. The summed E-state index contributed by atoms with van der Waals surface area (Å²) >= 11 is -2.43. The van der Waals surface area contributed by atoms with Crippen molar-refractivity contribution >= 4 is 22.9 Å². The quantitative estimate of drug-likeness (QED) is 0.459. The number of nitrogens with zero attached hydrogens (tertiary/aromatic N) is 1. The lowest BCUT2D eigenvalue weighted by Crippen LogP contribution is -2.27. The number of ether oxygens (including phenoxy) is 2. The first kappa shape index (κ1) is 21.6. The number of methoxy groups -OCH3 is 2. The second kappa shape index (κ2) is 10.0. The van der Waals surface area contributed by atoms with Gasteiger partial charge in [-0.15, -0.1) is 0 Å². The maximum atomic E-state index is 13.9. The molecule has 9 heteroatoms. The lowest BCUT2D eigenvalue weighted by atomic mass is 10.1. The van der Waals surface area contributed by atoms with Crippen LogP contribution >= 0.6 is 0 Å². The molecule has 0 saturated heterocycles. The topological polar surface area (TPSA) is 96.3 Å². The minimum Gasteiger partial charge on any atom is -0.497 e. The minimum atomic E-state index is -2.43. The van der Waals surface area contributed by atoms with Crippen molar-refractivity contribution in [1.82, 2.24) is 0 Å². The van der Waals surface area contributed by atoms with E-state index >= 15 is 0 Å². The monoisotopic (exact) mass is 411 g/mol. The highest BCUT2D eigenvalue weighted by Gasteiger charge is 2.25. The normalized spacial score (nSPS) is 11.7. The van der Waals surface area contributed by atoms with Crippen LogP contribution in [0.5, 0.6) is 11.5 Å². The molecule has 0 amide bonds. The molecule has 1 unspecified atom stereocenters. The summed E-state index contributed by atoms with van der Waals surface area (Å²) in [7, 11) is 2.78. The molecule has 2 aromatic carbocycles. The molecule has 0 aliphatic heterocycles. The van der Waals surface area contributed by atoms with Crippen LogP contribution in [-0.4, -0.2) is 40.6 Å². The molecule has 0 radical (unpaired) electrons. The third kappa shape index (κ3) is 5.20. The van der Waals surface area contributed by atoms with Gasteiger partial charge in [0.2, 0.25) is 0 Å². The number of anilines is 1. The Morgan fingerprint density at radius 2 is 1.79 bits per heavy atom. The summed E-state index contributed by atoms with van der Waals surface area (Å²) in [6, 6.07) is 9.80. The fourth-order valence-corrected chi connectivity index (χ4v) is 3.41. The van der Waals surface area contributed by atoms with Gasteiger partial charge in [-0.25, -0.2) is 13.4 Å². The molecule has 0 fully saturated rings. The van der Waals surface area contributed by atoms with Crippen molar-refractivity contribution in [1.29, 1.82) is 0 Å². The van der Waals surface area contributed by atoms with Gasteiger partial charge in [0.15, 0.2) is 5.75 Å². The second-order valence-corrected chi connectivity index (χ2v) is 6.82.